The number of aromatic nitrogens is 5. The second-order valence-corrected chi connectivity index (χ2v) is 12.0. The Morgan fingerprint density at radius 1 is 1.05 bits per heavy atom. The van der Waals surface area contributed by atoms with E-state index in [4.69, 9.17) is 14.5 Å². The molecular weight excluding hydrogens is 553 g/mol. The van der Waals surface area contributed by atoms with Gasteiger partial charge in [0.1, 0.15) is 23.0 Å². The van der Waals surface area contributed by atoms with E-state index in [9.17, 15) is 14.3 Å². The Hall–Kier alpha value is -4.49. The first kappa shape index (κ1) is 27.3. The average Bonchev–Trinajstić information content (AvgIpc) is 3.60. The molecule has 13 heteroatoms. The summed E-state index contributed by atoms with van der Waals surface area (Å²) in [5.41, 5.74) is 1.57. The summed E-state index contributed by atoms with van der Waals surface area (Å²) < 4.78 is 19.4. The second kappa shape index (κ2) is 10.3. The number of nitrogens with zero attached hydrogens (tertiary/aromatic N) is 6. The minimum atomic E-state index is -0.616. The first-order valence-corrected chi connectivity index (χ1v) is 14.4. The molecule has 4 aliphatic heterocycles. The number of fused-ring (bicyclic) bond motifs is 4. The van der Waals surface area contributed by atoms with Crippen LogP contribution in [-0.4, -0.2) is 67.2 Å². The van der Waals surface area contributed by atoms with Crippen molar-refractivity contribution in [3.05, 3.63) is 71.1 Å². The quantitative estimate of drug-likeness (QED) is 0.239. The molecule has 0 saturated carbocycles. The Morgan fingerprint density at radius 3 is 2.51 bits per heavy atom. The highest BCUT2D eigenvalue weighted by atomic mass is 19.1. The van der Waals surface area contributed by atoms with Gasteiger partial charge in [-0.2, -0.15) is 9.97 Å². The van der Waals surface area contributed by atoms with Gasteiger partial charge in [-0.15, -0.1) is 0 Å². The van der Waals surface area contributed by atoms with E-state index in [0.717, 1.165) is 38.9 Å². The number of amides is 1. The maximum absolute atomic E-state index is 13.6. The standard InChI is InChI=1S/C30H32FN9O3/c1-29(2)23-19(25(42)38-29)7-8-22(34-23)35-28-32-15-20(24(36-28)33-21(16-41)17-3-5-18(31)6-4-17)26-37-27(39-43-26)30-9-12-40(13-10-30)14-11-30/h3-8,15,21,41H,9-14,16H2,1-2H3,(H,38,42)(H2,32,33,34,35,36)/t21-/m1/s1. The number of halogens is 1. The predicted octanol–water partition coefficient (Wildman–Crippen LogP) is 3.67. The molecule has 4 aliphatic rings. The Bertz CT molecular complexity index is 1670. The van der Waals surface area contributed by atoms with E-state index in [2.05, 4.69) is 36.0 Å². The van der Waals surface area contributed by atoms with Gasteiger partial charge in [0.15, 0.2) is 5.82 Å². The fraction of sp³-hybridized carbons (Fsp3) is 0.400. The van der Waals surface area contributed by atoms with Crippen molar-refractivity contribution in [1.82, 2.24) is 35.3 Å². The van der Waals surface area contributed by atoms with E-state index >= 15 is 0 Å². The van der Waals surface area contributed by atoms with Gasteiger partial charge in [-0.3, -0.25) is 4.79 Å². The van der Waals surface area contributed by atoms with E-state index in [1.54, 1.807) is 30.5 Å². The maximum Gasteiger partial charge on any atom is 0.263 e. The third-order valence-electron chi connectivity index (χ3n) is 8.80. The summed E-state index contributed by atoms with van der Waals surface area (Å²) in [5.74, 6) is 1.45. The summed E-state index contributed by atoms with van der Waals surface area (Å²) in [6.45, 7) is 6.56. The van der Waals surface area contributed by atoms with Crippen LogP contribution in [0.4, 0.5) is 22.0 Å². The number of aliphatic hydroxyl groups excluding tert-OH is 1. The molecule has 3 saturated heterocycles. The maximum atomic E-state index is 13.6. The molecule has 12 nitrogen and oxygen atoms in total. The Balaban J connectivity index is 1.23. The number of carbonyl (C=O) groups excluding carboxylic acids is 1. The van der Waals surface area contributed by atoms with Crippen LogP contribution < -0.4 is 16.0 Å². The largest absolute Gasteiger partial charge is 0.394 e. The second-order valence-electron chi connectivity index (χ2n) is 12.0. The van der Waals surface area contributed by atoms with Gasteiger partial charge in [0.25, 0.3) is 11.8 Å². The van der Waals surface area contributed by atoms with Crippen molar-refractivity contribution >= 4 is 23.5 Å². The number of hydrogen-bond acceptors (Lipinski definition) is 11. The van der Waals surface area contributed by atoms with Gasteiger partial charge in [-0.1, -0.05) is 17.3 Å². The Kier molecular flexibility index (Phi) is 6.58. The van der Waals surface area contributed by atoms with Gasteiger partial charge in [0.05, 0.1) is 29.4 Å². The Labute approximate surface area is 247 Å². The van der Waals surface area contributed by atoms with Crippen molar-refractivity contribution in [3.8, 4) is 11.5 Å². The van der Waals surface area contributed by atoms with Crippen molar-refractivity contribution in [2.45, 2.75) is 50.1 Å². The summed E-state index contributed by atoms with van der Waals surface area (Å²) in [4.78, 5) is 33.5. The highest BCUT2D eigenvalue weighted by Gasteiger charge is 2.44. The zero-order valence-corrected chi connectivity index (χ0v) is 23.9. The molecule has 1 atom stereocenters. The topological polar surface area (TPSA) is 154 Å². The number of nitrogens with one attached hydrogen (secondary N) is 3. The minimum absolute atomic E-state index is 0.0998. The number of aliphatic hydroxyl groups is 1. The highest BCUT2D eigenvalue weighted by Crippen LogP contribution is 2.42. The molecule has 4 N–H and O–H groups in total. The monoisotopic (exact) mass is 585 g/mol. The van der Waals surface area contributed by atoms with Gasteiger partial charge in [0, 0.05) is 11.6 Å². The molecule has 7 heterocycles. The number of hydrogen-bond donors (Lipinski definition) is 4. The molecular formula is C30H32FN9O3. The first-order valence-electron chi connectivity index (χ1n) is 14.4. The molecule has 1 amide bonds. The number of rotatable bonds is 8. The molecule has 0 radical (unpaired) electrons. The van der Waals surface area contributed by atoms with Crippen molar-refractivity contribution in [1.29, 1.82) is 0 Å². The molecule has 2 bridgehead atoms. The molecule has 3 fully saturated rings. The normalized spacial score (nSPS) is 22.6. The zero-order chi connectivity index (χ0) is 29.8. The van der Waals surface area contributed by atoms with E-state index in [1.165, 1.54) is 12.1 Å². The molecule has 4 aromatic rings. The van der Waals surface area contributed by atoms with Gasteiger partial charge in [-0.25, -0.2) is 14.4 Å². The van der Waals surface area contributed by atoms with Crippen molar-refractivity contribution < 1.29 is 18.8 Å². The van der Waals surface area contributed by atoms with Crippen molar-refractivity contribution in [3.63, 3.8) is 0 Å². The summed E-state index contributed by atoms with van der Waals surface area (Å²) in [5, 5.41) is 24.0. The van der Waals surface area contributed by atoms with Crippen LogP contribution in [0.1, 0.15) is 66.6 Å². The zero-order valence-electron chi connectivity index (χ0n) is 23.9. The fourth-order valence-electron chi connectivity index (χ4n) is 6.23. The first-order chi connectivity index (χ1) is 20.7. The third-order valence-corrected chi connectivity index (χ3v) is 8.80. The fourth-order valence-corrected chi connectivity index (χ4v) is 6.23. The molecule has 3 aromatic heterocycles. The molecule has 222 valence electrons. The molecule has 43 heavy (non-hydrogen) atoms. The van der Waals surface area contributed by atoms with Crippen molar-refractivity contribution in [2.24, 2.45) is 0 Å². The van der Waals surface area contributed by atoms with Gasteiger partial charge >= 0.3 is 0 Å². The van der Waals surface area contributed by atoms with Gasteiger partial charge in [-0.05, 0) is 82.6 Å². The van der Waals surface area contributed by atoms with Crippen LogP contribution in [0.5, 0.6) is 0 Å². The van der Waals surface area contributed by atoms with Crippen LogP contribution >= 0.6 is 0 Å². The lowest BCUT2D eigenvalue weighted by Gasteiger charge is -2.46. The van der Waals surface area contributed by atoms with Gasteiger partial charge in [0.2, 0.25) is 5.95 Å². The number of carbonyl (C=O) groups is 1. The summed E-state index contributed by atoms with van der Waals surface area (Å²) in [7, 11) is 0. The lowest BCUT2D eigenvalue weighted by molar-refractivity contribution is 0.0747. The lowest BCUT2D eigenvalue weighted by atomic mass is 9.71. The lowest BCUT2D eigenvalue weighted by Crippen LogP contribution is -2.51. The number of anilines is 3. The van der Waals surface area contributed by atoms with E-state index < -0.39 is 11.6 Å². The average molecular weight is 586 g/mol. The van der Waals surface area contributed by atoms with E-state index in [1.807, 2.05) is 13.8 Å². The highest BCUT2D eigenvalue weighted by molar-refractivity contribution is 5.99. The number of benzene rings is 1. The van der Waals surface area contributed by atoms with Crippen LogP contribution in [0.15, 0.2) is 47.1 Å². The van der Waals surface area contributed by atoms with Crippen LogP contribution in [0.3, 0.4) is 0 Å². The predicted molar refractivity (Wildman–Crippen MR) is 155 cm³/mol. The molecule has 1 aromatic carbocycles. The number of piperidine rings is 3. The summed E-state index contributed by atoms with van der Waals surface area (Å²) in [6.07, 6.45) is 4.54. The van der Waals surface area contributed by atoms with Crippen molar-refractivity contribution in [2.75, 3.05) is 36.9 Å². The SMILES string of the molecule is CC1(C)NC(=O)c2ccc(Nc3ncc(-c4nc(C56CCN(CC5)CC6)no4)c(N[C@H](CO)c4ccc(F)cc4)n3)nc21. The summed E-state index contributed by atoms with van der Waals surface area (Å²) in [6, 6.07) is 8.69. The van der Waals surface area contributed by atoms with Crippen LogP contribution in [0, 0.1) is 5.82 Å². The van der Waals surface area contributed by atoms with Crippen LogP contribution in [-0.2, 0) is 11.0 Å². The van der Waals surface area contributed by atoms with Gasteiger partial charge < -0.3 is 30.5 Å². The molecule has 0 aliphatic carbocycles. The molecule has 8 rings (SSSR count). The Morgan fingerprint density at radius 2 is 1.79 bits per heavy atom. The summed E-state index contributed by atoms with van der Waals surface area (Å²) >= 11 is 0. The number of pyridine rings is 1. The van der Waals surface area contributed by atoms with E-state index in [-0.39, 0.29) is 35.6 Å². The van der Waals surface area contributed by atoms with Crippen LogP contribution in [0.2, 0.25) is 0 Å². The minimum Gasteiger partial charge on any atom is -0.394 e. The molecule has 0 spiro atoms. The molecule has 0 unspecified atom stereocenters. The third kappa shape index (κ3) is 4.97. The van der Waals surface area contributed by atoms with Crippen LogP contribution in [0.25, 0.3) is 11.5 Å². The van der Waals surface area contributed by atoms with E-state index in [0.29, 0.717) is 39.8 Å². The smallest absolute Gasteiger partial charge is 0.263 e.